The zero-order chi connectivity index (χ0) is 15.1. The maximum absolute atomic E-state index is 6.29. The third-order valence-electron chi connectivity index (χ3n) is 2.81. The van der Waals surface area contributed by atoms with E-state index < -0.39 is 11.4 Å². The summed E-state index contributed by atoms with van der Waals surface area (Å²) in [7, 11) is 0. The van der Waals surface area contributed by atoms with Crippen molar-refractivity contribution in [2.75, 3.05) is 13.2 Å². The Morgan fingerprint density at radius 2 is 1.60 bits per heavy atom. The monoisotopic (exact) mass is 298 g/mol. The summed E-state index contributed by atoms with van der Waals surface area (Å²) in [6.07, 6.45) is 0. The molecule has 3 atom stereocenters. The van der Waals surface area contributed by atoms with Crippen molar-refractivity contribution in [2.24, 2.45) is 15.9 Å². The minimum Gasteiger partial charge on any atom is -0.480 e. The average Bonchev–Trinajstić information content (AvgIpc) is 2.40. The van der Waals surface area contributed by atoms with Crippen LogP contribution in [0, 0.1) is 17.8 Å². The molecule has 0 aromatic carbocycles. The van der Waals surface area contributed by atoms with Crippen LogP contribution in [0.25, 0.3) is 0 Å². The van der Waals surface area contributed by atoms with E-state index in [0.717, 1.165) is 0 Å². The molecule has 0 amide bonds. The molecule has 4 nitrogen and oxygen atoms in total. The Bertz CT molecular complexity index is 435. The van der Waals surface area contributed by atoms with E-state index in [0.29, 0.717) is 25.0 Å². The van der Waals surface area contributed by atoms with Crippen molar-refractivity contribution in [2.45, 2.75) is 52.1 Å². The summed E-state index contributed by atoms with van der Waals surface area (Å²) >= 11 is 6.29. The van der Waals surface area contributed by atoms with Crippen LogP contribution in [-0.4, -0.2) is 42.5 Å². The zero-order valence-corrected chi connectivity index (χ0v) is 13.6. The Hall–Kier alpha value is -1.21. The summed E-state index contributed by atoms with van der Waals surface area (Å²) in [5, 5.41) is -0.464. The maximum atomic E-state index is 6.29. The average molecular weight is 299 g/mol. The summed E-state index contributed by atoms with van der Waals surface area (Å²) < 4.78 is 11.2. The number of halogens is 1. The van der Waals surface area contributed by atoms with E-state index in [4.69, 9.17) is 21.1 Å². The van der Waals surface area contributed by atoms with Crippen LogP contribution in [-0.2, 0) is 9.47 Å². The predicted molar refractivity (Wildman–Crippen MR) is 83.6 cm³/mol. The molecule has 1 unspecified atom stereocenters. The highest BCUT2D eigenvalue weighted by Crippen LogP contribution is 2.21. The predicted octanol–water partition coefficient (Wildman–Crippen LogP) is 2.89. The number of nitrogens with zero attached hydrogens (tertiary/aromatic N) is 2. The molecule has 0 saturated heterocycles. The molecule has 1 heterocycles. The Balaban J connectivity index is 3.11. The second-order valence-corrected chi connectivity index (χ2v) is 5.20. The SMILES string of the molecule is CC#CC(Cl)[C@H]1N=C(OCC)[C@@H](C(C)C)N=C1OCC. The minimum absolute atomic E-state index is 0.119. The normalized spacial score (nSPS) is 23.4. The van der Waals surface area contributed by atoms with Crippen LogP contribution in [0.2, 0.25) is 0 Å². The van der Waals surface area contributed by atoms with Crippen LogP contribution >= 0.6 is 11.6 Å². The van der Waals surface area contributed by atoms with Crippen LogP contribution in [0.15, 0.2) is 9.98 Å². The Kier molecular flexibility index (Phi) is 6.87. The first-order valence-corrected chi connectivity index (χ1v) is 7.46. The van der Waals surface area contributed by atoms with Gasteiger partial charge in [-0.25, -0.2) is 9.98 Å². The lowest BCUT2D eigenvalue weighted by Gasteiger charge is -2.28. The van der Waals surface area contributed by atoms with E-state index in [9.17, 15) is 0 Å². The minimum atomic E-state index is -0.464. The molecule has 0 aromatic rings. The number of hydrogen-bond donors (Lipinski definition) is 0. The lowest BCUT2D eigenvalue weighted by Crippen LogP contribution is -2.41. The highest BCUT2D eigenvalue weighted by Gasteiger charge is 2.34. The molecule has 1 aliphatic heterocycles. The summed E-state index contributed by atoms with van der Waals surface area (Å²) in [4.78, 5) is 9.24. The summed E-state index contributed by atoms with van der Waals surface area (Å²) in [6, 6.07) is -0.521. The van der Waals surface area contributed by atoms with Gasteiger partial charge in [0.15, 0.2) is 6.04 Å². The molecule has 1 rings (SSSR count). The third-order valence-corrected chi connectivity index (χ3v) is 3.16. The third kappa shape index (κ3) is 4.14. The largest absolute Gasteiger partial charge is 0.480 e. The number of ether oxygens (including phenoxy) is 2. The van der Waals surface area contributed by atoms with Gasteiger partial charge in [0, 0.05) is 0 Å². The topological polar surface area (TPSA) is 43.2 Å². The van der Waals surface area contributed by atoms with Gasteiger partial charge in [0.05, 0.1) is 13.2 Å². The molecule has 0 bridgehead atoms. The second-order valence-electron chi connectivity index (χ2n) is 4.73. The van der Waals surface area contributed by atoms with Crippen LogP contribution in [0.4, 0.5) is 0 Å². The van der Waals surface area contributed by atoms with E-state index in [2.05, 4.69) is 35.7 Å². The van der Waals surface area contributed by atoms with Gasteiger partial charge in [0.25, 0.3) is 0 Å². The molecule has 0 N–H and O–H groups in total. The quantitative estimate of drug-likeness (QED) is 0.591. The molecule has 1 aliphatic rings. The van der Waals surface area contributed by atoms with Gasteiger partial charge < -0.3 is 9.47 Å². The first-order valence-electron chi connectivity index (χ1n) is 7.02. The molecular formula is C15H23ClN2O2. The second kappa shape index (κ2) is 8.16. The van der Waals surface area contributed by atoms with Crippen LogP contribution in [0.3, 0.4) is 0 Å². The molecule has 0 aromatic heterocycles. The highest BCUT2D eigenvalue weighted by atomic mass is 35.5. The van der Waals surface area contributed by atoms with E-state index >= 15 is 0 Å². The number of hydrogen-bond acceptors (Lipinski definition) is 4. The Morgan fingerprint density at radius 3 is 2.05 bits per heavy atom. The van der Waals surface area contributed by atoms with E-state index in [1.807, 2.05) is 13.8 Å². The van der Waals surface area contributed by atoms with Gasteiger partial charge in [0.2, 0.25) is 11.8 Å². The number of rotatable bonds is 4. The number of aliphatic imine (C=N–C) groups is 2. The molecule has 20 heavy (non-hydrogen) atoms. The van der Waals surface area contributed by atoms with Gasteiger partial charge in [-0.15, -0.1) is 17.5 Å². The van der Waals surface area contributed by atoms with E-state index in [1.165, 1.54) is 0 Å². The first-order chi connectivity index (χ1) is 9.54. The zero-order valence-electron chi connectivity index (χ0n) is 12.8. The summed E-state index contributed by atoms with van der Waals surface area (Å²) in [5.74, 6) is 7.17. The fourth-order valence-corrected chi connectivity index (χ4v) is 2.19. The van der Waals surface area contributed by atoms with Crippen molar-refractivity contribution in [1.82, 2.24) is 0 Å². The maximum Gasteiger partial charge on any atom is 0.212 e. The van der Waals surface area contributed by atoms with E-state index in [-0.39, 0.29) is 12.0 Å². The standard InChI is InChI=1S/C15H23ClN2O2/c1-6-9-11(16)13-15(20-8-3)17-12(10(4)5)14(18-13)19-7-2/h10-13H,7-8H2,1-5H3/t11?,12-,13-/m1/s1. The lowest BCUT2D eigenvalue weighted by atomic mass is 10.0. The van der Waals surface area contributed by atoms with Gasteiger partial charge in [-0.1, -0.05) is 19.8 Å². The molecule has 0 radical (unpaired) electrons. The first kappa shape index (κ1) is 16.8. The van der Waals surface area contributed by atoms with Crippen LogP contribution in [0.1, 0.15) is 34.6 Å². The molecule has 5 heteroatoms. The van der Waals surface area contributed by atoms with Crippen molar-refractivity contribution in [3.8, 4) is 11.8 Å². The summed E-state index contributed by atoms with van der Waals surface area (Å²) in [6.45, 7) is 10.8. The molecule has 0 aliphatic carbocycles. The molecule has 112 valence electrons. The summed E-state index contributed by atoms with van der Waals surface area (Å²) in [5.41, 5.74) is 0. The number of alkyl halides is 1. The van der Waals surface area contributed by atoms with Crippen molar-refractivity contribution in [1.29, 1.82) is 0 Å². The molecule has 0 spiro atoms. The Labute approximate surface area is 126 Å². The molecule has 0 saturated carbocycles. The van der Waals surface area contributed by atoms with Gasteiger partial charge >= 0.3 is 0 Å². The van der Waals surface area contributed by atoms with Crippen LogP contribution in [0.5, 0.6) is 0 Å². The highest BCUT2D eigenvalue weighted by molar-refractivity contribution is 6.25. The fourth-order valence-electron chi connectivity index (χ4n) is 1.92. The van der Waals surface area contributed by atoms with Gasteiger partial charge in [0.1, 0.15) is 11.4 Å². The fraction of sp³-hybridized carbons (Fsp3) is 0.733. The molecular weight excluding hydrogens is 276 g/mol. The van der Waals surface area contributed by atoms with Crippen molar-refractivity contribution < 1.29 is 9.47 Å². The Morgan fingerprint density at radius 1 is 1.10 bits per heavy atom. The smallest absolute Gasteiger partial charge is 0.212 e. The van der Waals surface area contributed by atoms with E-state index in [1.54, 1.807) is 6.92 Å². The molecule has 0 fully saturated rings. The van der Waals surface area contributed by atoms with Crippen molar-refractivity contribution in [3.63, 3.8) is 0 Å². The van der Waals surface area contributed by atoms with Crippen LogP contribution < -0.4 is 0 Å². The van der Waals surface area contributed by atoms with Crippen molar-refractivity contribution in [3.05, 3.63) is 0 Å². The van der Waals surface area contributed by atoms with Crippen molar-refractivity contribution >= 4 is 23.4 Å². The van der Waals surface area contributed by atoms with Gasteiger partial charge in [-0.2, -0.15) is 0 Å². The van der Waals surface area contributed by atoms with Gasteiger partial charge in [-0.3, -0.25) is 0 Å². The lowest BCUT2D eigenvalue weighted by molar-refractivity contribution is 0.276. The van der Waals surface area contributed by atoms with Gasteiger partial charge in [-0.05, 0) is 26.7 Å².